The van der Waals surface area contributed by atoms with Crippen LogP contribution >= 0.6 is 31.9 Å². The van der Waals surface area contributed by atoms with E-state index in [9.17, 15) is 0 Å². The summed E-state index contributed by atoms with van der Waals surface area (Å²) in [5.41, 5.74) is 1.18. The average Bonchev–Trinajstić information content (AvgIpc) is 3.25. The molecule has 0 amide bonds. The van der Waals surface area contributed by atoms with Gasteiger partial charge in [0.2, 0.25) is 0 Å². The maximum atomic E-state index is 6.01. The van der Waals surface area contributed by atoms with Crippen LogP contribution < -0.4 is 10.1 Å². The van der Waals surface area contributed by atoms with Crippen LogP contribution in [-0.2, 0) is 6.54 Å². The quantitative estimate of drug-likeness (QED) is 0.744. The Hall–Kier alpha value is -0.840. The maximum Gasteiger partial charge on any atom is 0.133 e. The molecule has 2 aromatic rings. The van der Waals surface area contributed by atoms with Crippen molar-refractivity contribution in [1.29, 1.82) is 0 Å². The minimum Gasteiger partial charge on any atom is -0.457 e. The van der Waals surface area contributed by atoms with Crippen molar-refractivity contribution in [2.45, 2.75) is 25.4 Å². The van der Waals surface area contributed by atoms with E-state index in [2.05, 4.69) is 49.3 Å². The van der Waals surface area contributed by atoms with E-state index in [0.717, 1.165) is 27.0 Å². The third-order valence-corrected chi connectivity index (χ3v) is 4.25. The van der Waals surface area contributed by atoms with E-state index in [1.165, 1.54) is 18.4 Å². The molecule has 20 heavy (non-hydrogen) atoms. The highest BCUT2D eigenvalue weighted by Crippen LogP contribution is 2.30. The Morgan fingerprint density at radius 1 is 1.00 bits per heavy atom. The fourth-order valence-electron chi connectivity index (χ4n) is 1.94. The molecule has 0 unspecified atom stereocenters. The third-order valence-electron chi connectivity index (χ3n) is 3.23. The minimum absolute atomic E-state index is 0.694. The molecule has 2 nitrogen and oxygen atoms in total. The molecule has 0 heterocycles. The average molecular weight is 397 g/mol. The molecule has 4 heteroatoms. The Kier molecular flexibility index (Phi) is 4.44. The van der Waals surface area contributed by atoms with Gasteiger partial charge >= 0.3 is 0 Å². The van der Waals surface area contributed by atoms with Crippen LogP contribution in [0, 0.1) is 0 Å². The van der Waals surface area contributed by atoms with Gasteiger partial charge in [-0.25, -0.2) is 0 Å². The molecule has 1 saturated carbocycles. The van der Waals surface area contributed by atoms with Gasteiger partial charge in [0, 0.05) is 27.1 Å². The summed E-state index contributed by atoms with van der Waals surface area (Å²) in [5, 5.41) is 3.52. The highest BCUT2D eigenvalue weighted by atomic mass is 79.9. The molecule has 0 atom stereocenters. The molecule has 1 fully saturated rings. The van der Waals surface area contributed by atoms with Crippen molar-refractivity contribution in [3.05, 3.63) is 57.0 Å². The van der Waals surface area contributed by atoms with E-state index in [4.69, 9.17) is 4.74 Å². The first kappa shape index (κ1) is 14.1. The minimum atomic E-state index is 0.694. The van der Waals surface area contributed by atoms with E-state index in [1.54, 1.807) is 0 Å². The van der Waals surface area contributed by atoms with Gasteiger partial charge in [0.1, 0.15) is 11.5 Å². The molecule has 2 aromatic carbocycles. The molecule has 0 aliphatic heterocycles. The largest absolute Gasteiger partial charge is 0.457 e. The zero-order valence-corrected chi connectivity index (χ0v) is 14.1. The first-order valence-electron chi connectivity index (χ1n) is 6.66. The van der Waals surface area contributed by atoms with Crippen LogP contribution in [0.25, 0.3) is 0 Å². The fourth-order valence-corrected chi connectivity index (χ4v) is 2.55. The highest BCUT2D eigenvalue weighted by molar-refractivity contribution is 9.10. The molecule has 1 N–H and O–H groups in total. The molecule has 0 spiro atoms. The summed E-state index contributed by atoms with van der Waals surface area (Å²) in [5.74, 6) is 1.74. The van der Waals surface area contributed by atoms with Crippen molar-refractivity contribution in [3.63, 3.8) is 0 Å². The van der Waals surface area contributed by atoms with Gasteiger partial charge in [-0.2, -0.15) is 0 Å². The standard InChI is InChI=1S/C16H15Br2NO/c17-12-3-7-15(8-4-12)20-16-9-13(18)2-1-11(16)10-19-14-5-6-14/h1-4,7-9,14,19H,5-6,10H2. The van der Waals surface area contributed by atoms with Gasteiger partial charge in [-0.05, 0) is 49.2 Å². The Morgan fingerprint density at radius 3 is 2.40 bits per heavy atom. The lowest BCUT2D eigenvalue weighted by Crippen LogP contribution is -2.15. The first-order chi connectivity index (χ1) is 9.70. The van der Waals surface area contributed by atoms with Crippen molar-refractivity contribution < 1.29 is 4.74 Å². The molecule has 0 radical (unpaired) electrons. The predicted octanol–water partition coefficient (Wildman–Crippen LogP) is 5.26. The molecule has 0 saturated heterocycles. The molecule has 1 aliphatic carbocycles. The second kappa shape index (κ2) is 6.29. The van der Waals surface area contributed by atoms with Crippen LogP contribution in [-0.4, -0.2) is 6.04 Å². The molecule has 104 valence electrons. The predicted molar refractivity (Wildman–Crippen MR) is 88.2 cm³/mol. The number of hydrogen-bond donors (Lipinski definition) is 1. The number of nitrogens with one attached hydrogen (secondary N) is 1. The normalized spacial score (nSPS) is 14.3. The summed E-state index contributed by atoms with van der Waals surface area (Å²) in [6.07, 6.45) is 2.58. The SMILES string of the molecule is Brc1ccc(Oc2cc(Br)ccc2CNC2CC2)cc1. The molecule has 0 aromatic heterocycles. The van der Waals surface area contributed by atoms with Gasteiger partial charge in [-0.15, -0.1) is 0 Å². The van der Waals surface area contributed by atoms with Crippen LogP contribution in [0.5, 0.6) is 11.5 Å². The van der Waals surface area contributed by atoms with Crippen LogP contribution in [0.2, 0.25) is 0 Å². The second-order valence-corrected chi connectivity index (χ2v) is 6.79. The Morgan fingerprint density at radius 2 is 1.70 bits per heavy atom. The van der Waals surface area contributed by atoms with Gasteiger partial charge in [-0.3, -0.25) is 0 Å². The van der Waals surface area contributed by atoms with Gasteiger partial charge in [0.05, 0.1) is 0 Å². The first-order valence-corrected chi connectivity index (χ1v) is 8.24. The number of benzene rings is 2. The van der Waals surface area contributed by atoms with E-state index < -0.39 is 0 Å². The Balaban J connectivity index is 1.78. The van der Waals surface area contributed by atoms with Crippen molar-refractivity contribution in [1.82, 2.24) is 5.32 Å². The van der Waals surface area contributed by atoms with Gasteiger partial charge in [0.25, 0.3) is 0 Å². The molecular weight excluding hydrogens is 382 g/mol. The van der Waals surface area contributed by atoms with E-state index >= 15 is 0 Å². The van der Waals surface area contributed by atoms with Crippen molar-refractivity contribution in [2.75, 3.05) is 0 Å². The topological polar surface area (TPSA) is 21.3 Å². The zero-order chi connectivity index (χ0) is 13.9. The lowest BCUT2D eigenvalue weighted by Gasteiger charge is -2.12. The van der Waals surface area contributed by atoms with Crippen LogP contribution in [0.3, 0.4) is 0 Å². The molecule has 1 aliphatic rings. The van der Waals surface area contributed by atoms with E-state index in [1.807, 2.05) is 30.3 Å². The van der Waals surface area contributed by atoms with Crippen molar-refractivity contribution in [3.8, 4) is 11.5 Å². The monoisotopic (exact) mass is 395 g/mol. The number of hydrogen-bond acceptors (Lipinski definition) is 2. The van der Waals surface area contributed by atoms with Gasteiger partial charge in [0.15, 0.2) is 0 Å². The summed E-state index contributed by atoms with van der Waals surface area (Å²) >= 11 is 6.94. The zero-order valence-electron chi connectivity index (χ0n) is 10.9. The number of ether oxygens (including phenoxy) is 1. The van der Waals surface area contributed by atoms with Crippen molar-refractivity contribution >= 4 is 31.9 Å². The molecule has 0 bridgehead atoms. The lowest BCUT2D eigenvalue weighted by atomic mass is 10.2. The van der Waals surface area contributed by atoms with Gasteiger partial charge < -0.3 is 10.1 Å². The van der Waals surface area contributed by atoms with Crippen molar-refractivity contribution in [2.24, 2.45) is 0 Å². The summed E-state index contributed by atoms with van der Waals surface area (Å²) < 4.78 is 8.09. The summed E-state index contributed by atoms with van der Waals surface area (Å²) in [7, 11) is 0. The smallest absolute Gasteiger partial charge is 0.133 e. The number of halogens is 2. The fraction of sp³-hybridized carbons (Fsp3) is 0.250. The van der Waals surface area contributed by atoms with Gasteiger partial charge in [-0.1, -0.05) is 37.9 Å². The van der Waals surface area contributed by atoms with E-state index in [0.29, 0.717) is 6.04 Å². The van der Waals surface area contributed by atoms with E-state index in [-0.39, 0.29) is 0 Å². The summed E-state index contributed by atoms with van der Waals surface area (Å²) in [6, 6.07) is 14.8. The lowest BCUT2D eigenvalue weighted by molar-refractivity contribution is 0.472. The van der Waals surface area contributed by atoms with Crippen LogP contribution in [0.15, 0.2) is 51.4 Å². The summed E-state index contributed by atoms with van der Waals surface area (Å²) in [4.78, 5) is 0. The second-order valence-electron chi connectivity index (χ2n) is 4.96. The van der Waals surface area contributed by atoms with Crippen LogP contribution in [0.4, 0.5) is 0 Å². The number of rotatable bonds is 5. The maximum absolute atomic E-state index is 6.01. The molecule has 3 rings (SSSR count). The summed E-state index contributed by atoms with van der Waals surface area (Å²) in [6.45, 7) is 0.851. The third kappa shape index (κ3) is 3.84. The Labute approximate surface area is 135 Å². The highest BCUT2D eigenvalue weighted by Gasteiger charge is 2.20. The van der Waals surface area contributed by atoms with Crippen LogP contribution in [0.1, 0.15) is 18.4 Å². The Bertz CT molecular complexity index is 594. The molecular formula is C16H15Br2NO.